The topological polar surface area (TPSA) is 85.9 Å². The molecule has 0 saturated heterocycles. The summed E-state index contributed by atoms with van der Waals surface area (Å²) in [6.45, 7) is 7.69. The second-order valence-corrected chi connectivity index (χ2v) is 8.65. The molecule has 0 saturated carbocycles. The van der Waals surface area contributed by atoms with E-state index >= 15 is 0 Å². The maximum absolute atomic E-state index is 11.9. The SMILES string of the molecule is C#Cc1ccc(NC(=O)/C=C\C(=O)NCCC[Si](OCC)(OCC)OCC)cc1. The highest BCUT2D eigenvalue weighted by Gasteiger charge is 2.39. The molecule has 7 nitrogen and oxygen atoms in total. The predicted molar refractivity (Wildman–Crippen MR) is 115 cm³/mol. The van der Waals surface area contributed by atoms with Crippen LogP contribution >= 0.6 is 0 Å². The third-order valence-corrected chi connectivity index (χ3v) is 6.91. The van der Waals surface area contributed by atoms with Gasteiger partial charge >= 0.3 is 8.80 Å². The van der Waals surface area contributed by atoms with E-state index in [9.17, 15) is 9.59 Å². The Bertz CT molecular complexity index is 696. The van der Waals surface area contributed by atoms with Crippen molar-refractivity contribution in [3.8, 4) is 12.3 Å². The average molecular weight is 419 g/mol. The summed E-state index contributed by atoms with van der Waals surface area (Å²) in [4.78, 5) is 23.8. The Labute approximate surface area is 174 Å². The molecule has 0 aromatic heterocycles. The number of carbonyl (C=O) groups is 2. The summed E-state index contributed by atoms with van der Waals surface area (Å²) in [5.41, 5.74) is 1.33. The van der Waals surface area contributed by atoms with Crippen molar-refractivity contribution >= 4 is 26.3 Å². The quantitative estimate of drug-likeness (QED) is 0.223. The first-order valence-electron chi connectivity index (χ1n) is 9.74. The van der Waals surface area contributed by atoms with E-state index in [0.29, 0.717) is 44.5 Å². The molecule has 0 spiro atoms. The van der Waals surface area contributed by atoms with Gasteiger partial charge in [-0.25, -0.2) is 0 Å². The maximum atomic E-state index is 11.9. The molecule has 29 heavy (non-hydrogen) atoms. The van der Waals surface area contributed by atoms with Gasteiger partial charge in [-0.15, -0.1) is 6.42 Å². The molecule has 1 aromatic carbocycles. The predicted octanol–water partition coefficient (Wildman–Crippen LogP) is 2.72. The molecule has 1 rings (SSSR count). The zero-order chi connectivity index (χ0) is 21.5. The van der Waals surface area contributed by atoms with E-state index in [4.69, 9.17) is 19.7 Å². The van der Waals surface area contributed by atoms with Crippen molar-refractivity contribution in [2.45, 2.75) is 33.2 Å². The molecule has 2 amide bonds. The number of terminal acetylenes is 1. The minimum atomic E-state index is -2.70. The Kier molecular flexibility index (Phi) is 11.6. The highest BCUT2D eigenvalue weighted by atomic mass is 28.4. The molecule has 8 heteroatoms. The first-order chi connectivity index (χ1) is 14.0. The summed E-state index contributed by atoms with van der Waals surface area (Å²) >= 11 is 0. The van der Waals surface area contributed by atoms with Gasteiger partial charge in [0.25, 0.3) is 0 Å². The summed E-state index contributed by atoms with van der Waals surface area (Å²) in [5.74, 6) is 1.75. The highest BCUT2D eigenvalue weighted by Crippen LogP contribution is 2.17. The van der Waals surface area contributed by atoms with Crippen molar-refractivity contribution in [1.82, 2.24) is 5.32 Å². The van der Waals surface area contributed by atoms with Gasteiger partial charge in [-0.1, -0.05) is 5.92 Å². The second kappa shape index (κ2) is 13.7. The highest BCUT2D eigenvalue weighted by molar-refractivity contribution is 6.60. The van der Waals surface area contributed by atoms with Crippen molar-refractivity contribution in [1.29, 1.82) is 0 Å². The molecule has 0 unspecified atom stereocenters. The monoisotopic (exact) mass is 418 g/mol. The summed E-state index contributed by atoms with van der Waals surface area (Å²) in [6.07, 6.45) is 8.32. The molecule has 0 heterocycles. The van der Waals surface area contributed by atoms with Crippen molar-refractivity contribution in [2.75, 3.05) is 31.7 Å². The normalized spacial score (nSPS) is 11.2. The Morgan fingerprint density at radius 2 is 1.55 bits per heavy atom. The van der Waals surface area contributed by atoms with E-state index in [1.165, 1.54) is 12.2 Å². The average Bonchev–Trinajstić information content (AvgIpc) is 2.71. The number of carbonyl (C=O) groups excluding carboxylic acids is 2. The van der Waals surface area contributed by atoms with Gasteiger partial charge in [0.05, 0.1) is 0 Å². The standard InChI is InChI=1S/C21H30N2O5Si/c1-5-18-10-12-19(13-11-18)23-21(25)15-14-20(24)22-16-9-17-29(26-6-2,27-7-3)28-8-4/h1,10-15H,6-9,16-17H2,2-4H3,(H,22,24)(H,23,25)/b15-14-. The Morgan fingerprint density at radius 3 is 2.07 bits per heavy atom. The molecule has 0 radical (unpaired) electrons. The summed E-state index contributed by atoms with van der Waals surface area (Å²) in [6, 6.07) is 7.46. The Hall–Kier alpha value is -2.44. The van der Waals surface area contributed by atoms with E-state index in [1.807, 2.05) is 20.8 Å². The number of hydrogen-bond donors (Lipinski definition) is 2. The van der Waals surface area contributed by atoms with Crippen LogP contribution in [0.5, 0.6) is 0 Å². The van der Waals surface area contributed by atoms with Gasteiger partial charge in [-0.3, -0.25) is 9.59 Å². The fourth-order valence-corrected chi connectivity index (χ4v) is 5.17. The minimum Gasteiger partial charge on any atom is -0.374 e. The van der Waals surface area contributed by atoms with Crippen LogP contribution in [0.2, 0.25) is 6.04 Å². The lowest BCUT2D eigenvalue weighted by molar-refractivity contribution is -0.117. The van der Waals surface area contributed by atoms with Crippen LogP contribution in [-0.4, -0.2) is 47.0 Å². The van der Waals surface area contributed by atoms with E-state index in [1.54, 1.807) is 24.3 Å². The van der Waals surface area contributed by atoms with Crippen molar-refractivity contribution in [2.24, 2.45) is 0 Å². The third-order valence-electron chi connectivity index (χ3n) is 3.76. The van der Waals surface area contributed by atoms with Crippen LogP contribution in [0.1, 0.15) is 32.8 Å². The number of anilines is 1. The molecule has 158 valence electrons. The smallest absolute Gasteiger partial charge is 0.374 e. The van der Waals surface area contributed by atoms with Gasteiger partial charge in [0, 0.05) is 55.8 Å². The van der Waals surface area contributed by atoms with Crippen molar-refractivity contribution < 1.29 is 22.9 Å². The summed E-state index contributed by atoms with van der Waals surface area (Å²) < 4.78 is 17.3. The molecule has 0 fully saturated rings. The molecule has 0 aliphatic rings. The first kappa shape index (κ1) is 24.6. The third kappa shape index (κ3) is 9.54. The van der Waals surface area contributed by atoms with E-state index in [0.717, 1.165) is 5.56 Å². The number of nitrogens with one attached hydrogen (secondary N) is 2. The lowest BCUT2D eigenvalue weighted by Gasteiger charge is -2.28. The van der Waals surface area contributed by atoms with Crippen molar-refractivity contribution in [3.05, 3.63) is 42.0 Å². The number of amides is 2. The van der Waals surface area contributed by atoms with Crippen LogP contribution in [0.3, 0.4) is 0 Å². The fourth-order valence-electron chi connectivity index (χ4n) is 2.56. The van der Waals surface area contributed by atoms with Crippen LogP contribution in [-0.2, 0) is 22.9 Å². The summed E-state index contributed by atoms with van der Waals surface area (Å²) in [7, 11) is -2.70. The van der Waals surface area contributed by atoms with Gasteiger partial charge in [0.2, 0.25) is 11.8 Å². The van der Waals surface area contributed by atoms with Gasteiger partial charge in [0.1, 0.15) is 0 Å². The molecule has 0 aliphatic carbocycles. The number of hydrogen-bond acceptors (Lipinski definition) is 5. The molecule has 2 N–H and O–H groups in total. The zero-order valence-electron chi connectivity index (χ0n) is 17.3. The Balaban J connectivity index is 2.41. The van der Waals surface area contributed by atoms with Crippen LogP contribution in [0, 0.1) is 12.3 Å². The molecular weight excluding hydrogens is 388 g/mol. The van der Waals surface area contributed by atoms with Gasteiger partial charge in [-0.05, 0) is 51.5 Å². The molecule has 1 aromatic rings. The van der Waals surface area contributed by atoms with Crippen LogP contribution in [0.15, 0.2) is 36.4 Å². The summed E-state index contributed by atoms with van der Waals surface area (Å²) in [5, 5.41) is 5.40. The minimum absolute atomic E-state index is 0.348. The van der Waals surface area contributed by atoms with Crippen LogP contribution in [0.4, 0.5) is 5.69 Å². The largest absolute Gasteiger partial charge is 0.500 e. The van der Waals surface area contributed by atoms with E-state index < -0.39 is 14.7 Å². The number of benzene rings is 1. The zero-order valence-corrected chi connectivity index (χ0v) is 18.3. The lowest BCUT2D eigenvalue weighted by Crippen LogP contribution is -2.46. The number of rotatable bonds is 13. The molecule has 0 bridgehead atoms. The lowest BCUT2D eigenvalue weighted by atomic mass is 10.2. The van der Waals surface area contributed by atoms with Crippen molar-refractivity contribution in [3.63, 3.8) is 0 Å². The van der Waals surface area contributed by atoms with Crippen LogP contribution < -0.4 is 10.6 Å². The van der Waals surface area contributed by atoms with Gasteiger partial charge < -0.3 is 23.9 Å². The first-order valence-corrected chi connectivity index (χ1v) is 11.7. The Morgan fingerprint density at radius 1 is 1.00 bits per heavy atom. The molecule has 0 atom stereocenters. The molecule has 0 aliphatic heterocycles. The van der Waals surface area contributed by atoms with Crippen LogP contribution in [0.25, 0.3) is 0 Å². The van der Waals surface area contributed by atoms with E-state index in [2.05, 4.69) is 16.6 Å². The van der Waals surface area contributed by atoms with Gasteiger partial charge in [-0.2, -0.15) is 0 Å². The van der Waals surface area contributed by atoms with Gasteiger partial charge in [0.15, 0.2) is 0 Å². The second-order valence-electron chi connectivity index (χ2n) is 5.92. The maximum Gasteiger partial charge on any atom is 0.500 e. The molecular formula is C21H30N2O5Si. The van der Waals surface area contributed by atoms with E-state index in [-0.39, 0.29) is 5.91 Å². The fraction of sp³-hybridized carbons (Fsp3) is 0.429.